The van der Waals surface area contributed by atoms with E-state index in [0.717, 1.165) is 29.2 Å². The molecule has 0 bridgehead atoms. The number of hydrogen-bond donors (Lipinski definition) is 1. The van der Waals surface area contributed by atoms with E-state index in [2.05, 4.69) is 10.1 Å². The fraction of sp³-hybridized carbons (Fsp3) is 0.364. The van der Waals surface area contributed by atoms with Gasteiger partial charge in [0, 0.05) is 11.6 Å². The second-order valence-corrected chi connectivity index (χ2v) is 11.2. The van der Waals surface area contributed by atoms with Gasteiger partial charge in [0.15, 0.2) is 9.84 Å². The number of nitrogens with zero attached hydrogens (tertiary/aromatic N) is 1. The van der Waals surface area contributed by atoms with Gasteiger partial charge in [0.2, 0.25) is 5.91 Å². The molecule has 2 aromatic carbocycles. The van der Waals surface area contributed by atoms with Crippen LogP contribution in [0.25, 0.3) is 0 Å². The van der Waals surface area contributed by atoms with Gasteiger partial charge in [-0.15, -0.1) is 0 Å². The van der Waals surface area contributed by atoms with Crippen molar-refractivity contribution in [3.8, 4) is 5.75 Å². The number of benzene rings is 2. The fourth-order valence-corrected chi connectivity index (χ4v) is 6.35. The van der Waals surface area contributed by atoms with Crippen LogP contribution in [0.3, 0.4) is 0 Å². The standard InChI is InChI=1S/C22H20F4N2O5S/c1-21(2)13-6-11(18(29)27-22(3)9-34(31,32)10-22)7-15(24)17(13)28(19(21)30)16-8-12(33-20(25)26)4-5-14(16)23/h4-8,20H,9-10H2,1-3H3,(H,27,29). The zero-order valence-corrected chi connectivity index (χ0v) is 19.1. The Kier molecular flexibility index (Phi) is 5.42. The van der Waals surface area contributed by atoms with Gasteiger partial charge < -0.3 is 10.1 Å². The fourth-order valence-electron chi connectivity index (χ4n) is 4.35. The SMILES string of the molecule is CC1(NC(=O)c2cc(F)c3c(c2)C(C)(C)C(=O)N3c2cc(OC(F)F)ccc2F)CS(=O)(=O)C1. The van der Waals surface area contributed by atoms with Gasteiger partial charge in [-0.05, 0) is 50.6 Å². The van der Waals surface area contributed by atoms with Crippen LogP contribution in [0.5, 0.6) is 5.75 Å². The molecular formula is C22H20F4N2O5S. The highest BCUT2D eigenvalue weighted by Crippen LogP contribution is 2.48. The van der Waals surface area contributed by atoms with E-state index in [0.29, 0.717) is 0 Å². The molecule has 0 aromatic heterocycles. The Labute approximate surface area is 192 Å². The lowest BCUT2D eigenvalue weighted by molar-refractivity contribution is -0.121. The van der Waals surface area contributed by atoms with Crippen molar-refractivity contribution in [3.05, 3.63) is 53.1 Å². The lowest BCUT2D eigenvalue weighted by Crippen LogP contribution is -2.63. The second kappa shape index (κ2) is 7.69. The smallest absolute Gasteiger partial charge is 0.387 e. The molecule has 2 heterocycles. The van der Waals surface area contributed by atoms with Crippen molar-refractivity contribution in [2.75, 3.05) is 16.4 Å². The number of carbonyl (C=O) groups excluding carboxylic acids is 2. The summed E-state index contributed by atoms with van der Waals surface area (Å²) < 4.78 is 82.4. The third-order valence-corrected chi connectivity index (χ3v) is 7.99. The van der Waals surface area contributed by atoms with E-state index in [1.54, 1.807) is 6.92 Å². The van der Waals surface area contributed by atoms with Crippen molar-refractivity contribution in [1.82, 2.24) is 5.32 Å². The topological polar surface area (TPSA) is 92.8 Å². The summed E-state index contributed by atoms with van der Waals surface area (Å²) in [6.45, 7) is 1.25. The highest BCUT2D eigenvalue weighted by atomic mass is 32.2. The average Bonchev–Trinajstić information content (AvgIpc) is 2.88. The Bertz CT molecular complexity index is 1310. The van der Waals surface area contributed by atoms with Gasteiger partial charge >= 0.3 is 6.61 Å². The molecule has 2 amide bonds. The predicted molar refractivity (Wildman–Crippen MR) is 114 cm³/mol. The maximum Gasteiger partial charge on any atom is 0.387 e. The van der Waals surface area contributed by atoms with Crippen molar-refractivity contribution in [2.45, 2.75) is 38.3 Å². The van der Waals surface area contributed by atoms with E-state index in [4.69, 9.17) is 0 Å². The number of halogens is 4. The van der Waals surface area contributed by atoms with Crippen molar-refractivity contribution in [3.63, 3.8) is 0 Å². The highest BCUT2D eigenvalue weighted by Gasteiger charge is 2.49. The van der Waals surface area contributed by atoms with Gasteiger partial charge in [0.25, 0.3) is 5.91 Å². The Hall–Kier alpha value is -3.15. The monoisotopic (exact) mass is 500 g/mol. The van der Waals surface area contributed by atoms with Crippen LogP contribution in [0.15, 0.2) is 30.3 Å². The molecule has 1 saturated heterocycles. The van der Waals surface area contributed by atoms with Gasteiger partial charge in [-0.1, -0.05) is 0 Å². The number of carbonyl (C=O) groups is 2. The van der Waals surface area contributed by atoms with Crippen molar-refractivity contribution in [1.29, 1.82) is 0 Å². The van der Waals surface area contributed by atoms with Crippen LogP contribution in [0.1, 0.15) is 36.7 Å². The summed E-state index contributed by atoms with van der Waals surface area (Å²) in [5.74, 6) is -4.42. The first-order valence-electron chi connectivity index (χ1n) is 10.1. The van der Waals surface area contributed by atoms with Crippen LogP contribution < -0.4 is 15.0 Å². The number of hydrogen-bond acceptors (Lipinski definition) is 5. The number of rotatable bonds is 5. The van der Waals surface area contributed by atoms with Crippen LogP contribution >= 0.6 is 0 Å². The molecule has 2 aliphatic heterocycles. The lowest BCUT2D eigenvalue weighted by atomic mass is 9.85. The van der Waals surface area contributed by atoms with Gasteiger partial charge in [-0.25, -0.2) is 17.2 Å². The molecule has 0 radical (unpaired) electrons. The Morgan fingerprint density at radius 1 is 1.09 bits per heavy atom. The van der Waals surface area contributed by atoms with E-state index in [1.807, 2.05) is 0 Å². The number of ether oxygens (including phenoxy) is 1. The summed E-state index contributed by atoms with van der Waals surface area (Å²) in [6.07, 6.45) is 0. The zero-order valence-electron chi connectivity index (χ0n) is 18.3. The van der Waals surface area contributed by atoms with Gasteiger partial charge in [-0.3, -0.25) is 14.5 Å². The minimum atomic E-state index is -3.25. The van der Waals surface area contributed by atoms with E-state index in [9.17, 15) is 31.2 Å². The number of sulfone groups is 1. The van der Waals surface area contributed by atoms with Gasteiger partial charge in [0.05, 0.1) is 33.8 Å². The van der Waals surface area contributed by atoms with E-state index in [-0.39, 0.29) is 28.3 Å². The second-order valence-electron chi connectivity index (χ2n) is 9.16. The van der Waals surface area contributed by atoms with Crippen LogP contribution in [-0.4, -0.2) is 43.9 Å². The third-order valence-electron chi connectivity index (χ3n) is 5.84. The van der Waals surface area contributed by atoms with Crippen LogP contribution in [0, 0.1) is 11.6 Å². The van der Waals surface area contributed by atoms with Gasteiger partial charge in [0.1, 0.15) is 17.4 Å². The molecule has 12 heteroatoms. The molecule has 34 heavy (non-hydrogen) atoms. The zero-order chi connectivity index (χ0) is 25.2. The van der Waals surface area contributed by atoms with E-state index < -0.39 is 62.3 Å². The molecule has 4 rings (SSSR count). The first-order valence-corrected chi connectivity index (χ1v) is 11.9. The van der Waals surface area contributed by atoms with Gasteiger partial charge in [-0.2, -0.15) is 8.78 Å². The summed E-state index contributed by atoms with van der Waals surface area (Å²) >= 11 is 0. The molecule has 2 aromatic rings. The van der Waals surface area contributed by atoms with Crippen molar-refractivity contribution in [2.24, 2.45) is 0 Å². The lowest BCUT2D eigenvalue weighted by Gasteiger charge is -2.38. The molecule has 7 nitrogen and oxygen atoms in total. The van der Waals surface area contributed by atoms with Crippen LogP contribution in [-0.2, 0) is 20.0 Å². The molecule has 0 atom stereocenters. The maximum atomic E-state index is 15.3. The van der Waals surface area contributed by atoms with Crippen molar-refractivity contribution < 1.29 is 40.3 Å². The Balaban J connectivity index is 1.75. The summed E-state index contributed by atoms with van der Waals surface area (Å²) in [6, 6.07) is 4.76. The molecule has 0 spiro atoms. The van der Waals surface area contributed by atoms with E-state index >= 15 is 4.39 Å². The molecule has 0 aliphatic carbocycles. The molecule has 182 valence electrons. The number of alkyl halides is 2. The number of anilines is 2. The predicted octanol–water partition coefficient (Wildman–Crippen LogP) is 3.44. The number of nitrogens with one attached hydrogen (secondary N) is 1. The normalized spacial score (nSPS) is 19.5. The maximum absolute atomic E-state index is 15.3. The van der Waals surface area contributed by atoms with Crippen molar-refractivity contribution >= 4 is 33.0 Å². The quantitative estimate of drug-likeness (QED) is 0.635. The average molecular weight is 500 g/mol. The minimum absolute atomic E-state index is 0.0774. The molecule has 1 N–H and O–H groups in total. The summed E-state index contributed by atoms with van der Waals surface area (Å²) in [4.78, 5) is 26.7. The molecular weight excluding hydrogens is 480 g/mol. The first-order chi connectivity index (χ1) is 15.6. The van der Waals surface area contributed by atoms with Crippen LogP contribution in [0.4, 0.5) is 28.9 Å². The summed E-state index contributed by atoms with van der Waals surface area (Å²) in [5, 5.41) is 2.57. The third kappa shape index (κ3) is 3.99. The molecule has 2 aliphatic rings. The minimum Gasteiger partial charge on any atom is -0.435 e. The summed E-state index contributed by atoms with van der Waals surface area (Å²) in [7, 11) is -3.25. The number of fused-ring (bicyclic) bond motifs is 1. The largest absolute Gasteiger partial charge is 0.435 e. The molecule has 1 fully saturated rings. The molecule has 0 unspecified atom stereocenters. The molecule has 0 saturated carbocycles. The summed E-state index contributed by atoms with van der Waals surface area (Å²) in [5.41, 5.74) is -3.29. The van der Waals surface area contributed by atoms with Crippen LogP contribution in [0.2, 0.25) is 0 Å². The number of amides is 2. The Morgan fingerprint density at radius 3 is 2.32 bits per heavy atom. The van der Waals surface area contributed by atoms with E-state index in [1.165, 1.54) is 19.9 Å². The first kappa shape index (κ1) is 24.0. The highest BCUT2D eigenvalue weighted by molar-refractivity contribution is 7.93. The Morgan fingerprint density at radius 2 is 1.74 bits per heavy atom.